The molecule has 0 heterocycles. The second-order valence-electron chi connectivity index (χ2n) is 12.8. The number of phenols is 6. The lowest BCUT2D eigenvalue weighted by Gasteiger charge is -2.23. The maximum atomic E-state index is 12.1. The summed E-state index contributed by atoms with van der Waals surface area (Å²) in [6.07, 6.45) is 1.79. The van der Waals surface area contributed by atoms with Gasteiger partial charge in [0.05, 0.1) is 0 Å². The molecule has 0 bridgehead atoms. The molecular weight excluding hydrogens is 693 g/mol. The molecule has 0 amide bonds. The van der Waals surface area contributed by atoms with Gasteiger partial charge in [0.2, 0.25) is 0 Å². The first-order chi connectivity index (χ1) is 22.9. The summed E-state index contributed by atoms with van der Waals surface area (Å²) in [5.74, 6) is -4.37. The Kier molecular flexibility index (Phi) is 10.1. The molecule has 0 saturated carbocycles. The minimum atomic E-state index is -4.64. The third-order valence-corrected chi connectivity index (χ3v) is 10.6. The second kappa shape index (κ2) is 13.2. The van der Waals surface area contributed by atoms with Crippen molar-refractivity contribution in [1.82, 2.24) is 0 Å². The quantitative estimate of drug-likeness (QED) is 0.0555. The van der Waals surface area contributed by atoms with Gasteiger partial charge < -0.3 is 30.6 Å². The lowest BCUT2D eigenvalue weighted by molar-refractivity contribution is 0.398. The predicted molar refractivity (Wildman–Crippen MR) is 192 cm³/mol. The van der Waals surface area contributed by atoms with Crippen molar-refractivity contribution >= 4 is 54.2 Å². The Morgan fingerprint density at radius 1 is 0.540 bits per heavy atom. The molecular formula is C34H40N2O12S2. The third-order valence-electron chi connectivity index (χ3n) is 8.68. The molecule has 4 aromatic carbocycles. The molecule has 4 aromatic rings. The van der Waals surface area contributed by atoms with E-state index in [1.165, 1.54) is 0 Å². The Morgan fingerprint density at radius 2 is 0.840 bits per heavy atom. The van der Waals surface area contributed by atoms with E-state index in [0.717, 1.165) is 26.3 Å². The van der Waals surface area contributed by atoms with E-state index in [1.54, 1.807) is 53.7 Å². The Bertz CT molecular complexity index is 2180. The number of fused-ring (bicyclic) bond motifs is 2. The SMILES string of the molecule is Cc1cc2c(C(C)C)c(O)c(O)c(/C=N/C(C)S(=O)(=O)O)c2c(O)c1-c1c(C)cc2c(C(C)C)c(O)c(O)c(/C=N/C(C)S(=O)(=O)O)c2c1O. The predicted octanol–water partition coefficient (Wildman–Crippen LogP) is 6.06. The topological polar surface area (TPSA) is 255 Å². The Balaban J connectivity index is 2.25. The van der Waals surface area contributed by atoms with Crippen molar-refractivity contribution in [3.63, 3.8) is 0 Å². The molecule has 0 radical (unpaired) electrons. The molecule has 4 rings (SSSR count). The summed E-state index contributed by atoms with van der Waals surface area (Å²) >= 11 is 0. The van der Waals surface area contributed by atoms with E-state index in [-0.39, 0.29) is 54.9 Å². The van der Waals surface area contributed by atoms with Gasteiger partial charge in [-0.1, -0.05) is 39.8 Å². The normalized spacial score (nSPS) is 14.2. The van der Waals surface area contributed by atoms with Crippen molar-refractivity contribution in [3.8, 4) is 45.6 Å². The van der Waals surface area contributed by atoms with Crippen LogP contribution in [0.2, 0.25) is 0 Å². The lowest BCUT2D eigenvalue weighted by atomic mass is 9.83. The number of aromatic hydroxyl groups is 6. The average molecular weight is 733 g/mol. The zero-order chi connectivity index (χ0) is 37.9. The van der Waals surface area contributed by atoms with Crippen LogP contribution in [0.5, 0.6) is 34.5 Å². The molecule has 0 aliphatic carbocycles. The number of hydrogen-bond donors (Lipinski definition) is 8. The van der Waals surface area contributed by atoms with Crippen molar-refractivity contribution in [2.75, 3.05) is 0 Å². The molecule has 270 valence electrons. The largest absolute Gasteiger partial charge is 0.507 e. The monoisotopic (exact) mass is 732 g/mol. The van der Waals surface area contributed by atoms with Crippen molar-refractivity contribution < 1.29 is 56.6 Å². The van der Waals surface area contributed by atoms with Gasteiger partial charge in [-0.3, -0.25) is 19.1 Å². The number of benzene rings is 4. The van der Waals surface area contributed by atoms with Crippen molar-refractivity contribution in [2.45, 2.75) is 78.0 Å². The average Bonchev–Trinajstić information content (AvgIpc) is 2.98. The van der Waals surface area contributed by atoms with Crippen LogP contribution in [-0.4, -0.2) is 79.8 Å². The number of aliphatic imine (C=N–C) groups is 2. The summed E-state index contributed by atoms with van der Waals surface area (Å²) in [6, 6.07) is 3.19. The summed E-state index contributed by atoms with van der Waals surface area (Å²) in [4.78, 5) is 7.64. The fourth-order valence-electron chi connectivity index (χ4n) is 6.14. The standard InChI is InChI=1S/C34H40N2O12S2/c1-13(2)23-19-9-15(5)25(31(39)27(19)21(29(37)33(23)41)11-35-17(7)49(43,44)45)26-16(6)10-20-24(14(3)4)34(42)30(38)22(28(20)32(26)40)12-36-18(8)50(46,47)48/h9-14,17-18,37-42H,1-8H3,(H,43,44,45)(H,46,47,48)/b35-11+,36-12+. The third kappa shape index (κ3) is 6.51. The number of hydrogen-bond acceptors (Lipinski definition) is 12. The van der Waals surface area contributed by atoms with Gasteiger partial charge >= 0.3 is 0 Å². The fourth-order valence-corrected chi connectivity index (χ4v) is 6.57. The van der Waals surface area contributed by atoms with Gasteiger partial charge in [0.25, 0.3) is 20.2 Å². The first-order valence-electron chi connectivity index (χ1n) is 15.4. The lowest BCUT2D eigenvalue weighted by Crippen LogP contribution is -2.14. The molecule has 0 aromatic heterocycles. The van der Waals surface area contributed by atoms with E-state index in [4.69, 9.17) is 0 Å². The highest BCUT2D eigenvalue weighted by Gasteiger charge is 2.30. The molecule has 16 heteroatoms. The van der Waals surface area contributed by atoms with Gasteiger partial charge in [-0.05, 0) is 61.4 Å². The van der Waals surface area contributed by atoms with Crippen LogP contribution in [0.1, 0.15) is 86.8 Å². The van der Waals surface area contributed by atoms with Gasteiger partial charge in [-0.25, -0.2) is 0 Å². The van der Waals surface area contributed by atoms with Crippen LogP contribution in [0.4, 0.5) is 0 Å². The highest BCUT2D eigenvalue weighted by atomic mass is 32.2. The highest BCUT2D eigenvalue weighted by molar-refractivity contribution is 7.86. The molecule has 0 spiro atoms. The maximum Gasteiger partial charge on any atom is 0.287 e. The van der Waals surface area contributed by atoms with Crippen LogP contribution in [0, 0.1) is 13.8 Å². The Hall–Kier alpha value is -4.64. The van der Waals surface area contributed by atoms with Gasteiger partial charge in [-0.2, -0.15) is 16.8 Å². The number of nitrogens with zero attached hydrogens (tertiary/aromatic N) is 2. The maximum absolute atomic E-state index is 12.1. The Morgan fingerprint density at radius 3 is 1.10 bits per heavy atom. The molecule has 0 aliphatic rings. The first-order valence-corrected chi connectivity index (χ1v) is 18.4. The van der Waals surface area contributed by atoms with Crippen LogP contribution >= 0.6 is 0 Å². The van der Waals surface area contributed by atoms with Crippen LogP contribution in [-0.2, 0) is 20.2 Å². The van der Waals surface area contributed by atoms with E-state index in [2.05, 4.69) is 9.98 Å². The molecule has 8 N–H and O–H groups in total. The summed E-state index contributed by atoms with van der Waals surface area (Å²) in [7, 11) is -9.29. The minimum absolute atomic E-state index is 0.0273. The second-order valence-corrected chi connectivity index (χ2v) is 16.2. The van der Waals surface area contributed by atoms with Crippen LogP contribution in [0.3, 0.4) is 0 Å². The van der Waals surface area contributed by atoms with Crippen molar-refractivity contribution in [1.29, 1.82) is 0 Å². The smallest absolute Gasteiger partial charge is 0.287 e. The first kappa shape index (κ1) is 38.2. The molecule has 2 atom stereocenters. The summed E-state index contributed by atoms with van der Waals surface area (Å²) in [5.41, 5.74) is 0.716. The van der Waals surface area contributed by atoms with Crippen molar-refractivity contribution in [2.24, 2.45) is 9.98 Å². The number of rotatable bonds is 9. The van der Waals surface area contributed by atoms with Crippen LogP contribution in [0.15, 0.2) is 22.1 Å². The van der Waals surface area contributed by atoms with E-state index < -0.39 is 77.3 Å². The number of phenolic OH excluding ortho intramolecular Hbond substituents is 6. The summed E-state index contributed by atoms with van der Waals surface area (Å²) in [5, 5.41) is 65.5. The van der Waals surface area contributed by atoms with Crippen LogP contribution < -0.4 is 0 Å². The molecule has 14 nitrogen and oxygen atoms in total. The van der Waals surface area contributed by atoms with Gasteiger partial charge in [0.15, 0.2) is 33.7 Å². The van der Waals surface area contributed by atoms with Gasteiger partial charge in [0, 0.05) is 56.6 Å². The zero-order valence-corrected chi connectivity index (χ0v) is 30.2. The number of aryl methyl sites for hydroxylation is 2. The minimum Gasteiger partial charge on any atom is -0.507 e. The zero-order valence-electron chi connectivity index (χ0n) is 28.5. The molecule has 0 aliphatic heterocycles. The highest BCUT2D eigenvalue weighted by Crippen LogP contribution is 2.54. The van der Waals surface area contributed by atoms with E-state index in [0.29, 0.717) is 11.1 Å². The van der Waals surface area contributed by atoms with Crippen molar-refractivity contribution in [3.05, 3.63) is 45.5 Å². The Labute approximate surface area is 289 Å². The molecule has 0 saturated heterocycles. The van der Waals surface area contributed by atoms with Gasteiger partial charge in [-0.15, -0.1) is 0 Å². The molecule has 50 heavy (non-hydrogen) atoms. The van der Waals surface area contributed by atoms with Gasteiger partial charge in [0.1, 0.15) is 11.5 Å². The fraction of sp³-hybridized carbons (Fsp3) is 0.353. The molecule has 2 unspecified atom stereocenters. The van der Waals surface area contributed by atoms with E-state index >= 15 is 0 Å². The van der Waals surface area contributed by atoms with E-state index in [1.807, 2.05) is 0 Å². The molecule has 0 fully saturated rings. The van der Waals surface area contributed by atoms with E-state index in [9.17, 15) is 56.6 Å². The van der Waals surface area contributed by atoms with Crippen LogP contribution in [0.25, 0.3) is 32.7 Å². The summed E-state index contributed by atoms with van der Waals surface area (Å²) in [6.45, 7) is 12.3. The summed E-state index contributed by atoms with van der Waals surface area (Å²) < 4.78 is 65.6.